The van der Waals surface area contributed by atoms with Crippen LogP contribution in [0.25, 0.3) is 0 Å². The molecule has 1 aromatic heterocycles. The van der Waals surface area contributed by atoms with Gasteiger partial charge in [0.2, 0.25) is 11.9 Å². The lowest BCUT2D eigenvalue weighted by molar-refractivity contribution is 0.102. The van der Waals surface area contributed by atoms with E-state index in [-0.39, 0.29) is 18.5 Å². The van der Waals surface area contributed by atoms with E-state index in [0.29, 0.717) is 32.3 Å². The number of rotatable bonds is 5. The number of hydrogen-bond acceptors (Lipinski definition) is 7. The Morgan fingerprint density at radius 1 is 1.19 bits per heavy atom. The number of aromatic nitrogens is 2. The molecular weight excluding hydrogens is 377 g/mol. The predicted molar refractivity (Wildman–Crippen MR) is 96.4 cm³/mol. The number of nitrogens with zero attached hydrogens (tertiary/aromatic N) is 2. The second-order valence-corrected chi connectivity index (χ2v) is 7.51. The third-order valence-electron chi connectivity index (χ3n) is 3.51. The van der Waals surface area contributed by atoms with E-state index >= 15 is 0 Å². The molecule has 132 valence electrons. The molecule has 3 aromatic rings. The number of anilines is 1. The Balaban J connectivity index is 1.38. The lowest BCUT2D eigenvalue weighted by atomic mass is 10.2. The first-order valence-electron chi connectivity index (χ1n) is 7.59. The maximum atomic E-state index is 13.2. The van der Waals surface area contributed by atoms with Crippen LogP contribution in [-0.2, 0) is 5.75 Å². The first kappa shape index (κ1) is 16.8. The molecule has 0 unspecified atom stereocenters. The smallest absolute Gasteiger partial charge is 0.257 e. The van der Waals surface area contributed by atoms with Gasteiger partial charge in [0.1, 0.15) is 5.82 Å². The van der Waals surface area contributed by atoms with E-state index in [1.54, 1.807) is 24.3 Å². The fourth-order valence-corrected chi connectivity index (χ4v) is 3.99. The van der Waals surface area contributed by atoms with E-state index in [2.05, 4.69) is 15.5 Å². The lowest BCUT2D eigenvalue weighted by Crippen LogP contribution is -2.11. The number of amides is 1. The molecular formula is C17H12FN3O3S2. The van der Waals surface area contributed by atoms with Crippen LogP contribution in [0.15, 0.2) is 46.8 Å². The van der Waals surface area contributed by atoms with E-state index in [1.807, 2.05) is 6.07 Å². The molecule has 0 bridgehead atoms. The highest BCUT2D eigenvalue weighted by Gasteiger charge is 2.17. The summed E-state index contributed by atoms with van der Waals surface area (Å²) in [6.07, 6.45) is 0. The summed E-state index contributed by atoms with van der Waals surface area (Å²) in [5.41, 5.74) is 1.30. The summed E-state index contributed by atoms with van der Waals surface area (Å²) in [7, 11) is 0. The molecule has 2 aromatic carbocycles. The molecule has 2 heterocycles. The quantitative estimate of drug-likeness (QED) is 0.526. The van der Waals surface area contributed by atoms with Crippen LogP contribution in [0.2, 0.25) is 0 Å². The van der Waals surface area contributed by atoms with Crippen molar-refractivity contribution in [3.63, 3.8) is 0 Å². The van der Waals surface area contributed by atoms with Crippen molar-refractivity contribution < 1.29 is 18.7 Å². The lowest BCUT2D eigenvalue weighted by Gasteiger charge is -2.02. The first-order valence-corrected chi connectivity index (χ1v) is 9.39. The summed E-state index contributed by atoms with van der Waals surface area (Å²) in [4.78, 5) is 12.3. The normalized spacial score (nSPS) is 12.2. The van der Waals surface area contributed by atoms with Crippen molar-refractivity contribution in [2.24, 2.45) is 0 Å². The van der Waals surface area contributed by atoms with Crippen LogP contribution in [0.4, 0.5) is 9.52 Å². The Labute approximate surface area is 156 Å². The van der Waals surface area contributed by atoms with Crippen molar-refractivity contribution in [2.45, 2.75) is 10.1 Å². The number of ether oxygens (including phenoxy) is 2. The van der Waals surface area contributed by atoms with E-state index in [9.17, 15) is 9.18 Å². The van der Waals surface area contributed by atoms with Crippen molar-refractivity contribution in [1.29, 1.82) is 0 Å². The van der Waals surface area contributed by atoms with E-state index in [0.717, 1.165) is 5.56 Å². The van der Waals surface area contributed by atoms with Gasteiger partial charge in [-0.15, -0.1) is 10.2 Å². The van der Waals surface area contributed by atoms with Crippen molar-refractivity contribution >= 4 is 34.1 Å². The Hall–Kier alpha value is -2.65. The van der Waals surface area contributed by atoms with Gasteiger partial charge in [-0.3, -0.25) is 10.1 Å². The number of halogens is 1. The van der Waals surface area contributed by atoms with Crippen molar-refractivity contribution in [3.8, 4) is 11.5 Å². The Morgan fingerprint density at radius 3 is 2.96 bits per heavy atom. The van der Waals surface area contributed by atoms with Crippen LogP contribution in [0, 0.1) is 5.82 Å². The molecule has 0 spiro atoms. The minimum atomic E-state index is -0.305. The Morgan fingerprint density at radius 2 is 2.08 bits per heavy atom. The molecule has 1 aliphatic rings. The van der Waals surface area contributed by atoms with E-state index in [1.165, 1.54) is 35.2 Å². The maximum Gasteiger partial charge on any atom is 0.257 e. The van der Waals surface area contributed by atoms with Crippen molar-refractivity contribution in [3.05, 3.63) is 59.4 Å². The minimum absolute atomic E-state index is 0.155. The number of fused-ring (bicyclic) bond motifs is 1. The molecule has 0 radical (unpaired) electrons. The van der Waals surface area contributed by atoms with E-state index in [4.69, 9.17) is 9.47 Å². The first-order chi connectivity index (χ1) is 12.7. The molecule has 1 amide bonds. The van der Waals surface area contributed by atoms with E-state index < -0.39 is 0 Å². The standard InChI is InChI=1S/C17H12FN3O3S2/c18-12-3-1-2-10(6-12)8-25-17-21-20-16(26-17)19-15(22)11-4-5-13-14(7-11)24-9-23-13/h1-7H,8-9H2,(H,19,20,22). The molecule has 0 saturated carbocycles. The largest absolute Gasteiger partial charge is 0.454 e. The van der Waals surface area contributed by atoms with Crippen molar-refractivity contribution in [2.75, 3.05) is 12.1 Å². The molecule has 4 rings (SSSR count). The second-order valence-electron chi connectivity index (χ2n) is 5.31. The minimum Gasteiger partial charge on any atom is -0.454 e. The van der Waals surface area contributed by atoms with Crippen LogP contribution in [0.5, 0.6) is 11.5 Å². The zero-order valence-electron chi connectivity index (χ0n) is 13.3. The molecule has 0 atom stereocenters. The zero-order valence-corrected chi connectivity index (χ0v) is 14.9. The summed E-state index contributed by atoms with van der Waals surface area (Å²) in [5.74, 6) is 1.16. The maximum absolute atomic E-state index is 13.2. The highest BCUT2D eigenvalue weighted by molar-refractivity contribution is 8.00. The summed E-state index contributed by atoms with van der Waals surface area (Å²) < 4.78 is 24.4. The predicted octanol–water partition coefficient (Wildman–Crippen LogP) is 3.95. The zero-order chi connectivity index (χ0) is 17.9. The van der Waals surface area contributed by atoms with Gasteiger partial charge in [-0.2, -0.15) is 0 Å². The van der Waals surface area contributed by atoms with Gasteiger partial charge in [-0.1, -0.05) is 35.2 Å². The molecule has 6 nitrogen and oxygen atoms in total. The summed E-state index contributed by atoms with van der Waals surface area (Å²) in [6, 6.07) is 11.4. The van der Waals surface area contributed by atoms with Crippen LogP contribution in [-0.4, -0.2) is 22.9 Å². The molecule has 0 fully saturated rings. The number of carbonyl (C=O) groups is 1. The van der Waals surface area contributed by atoms with Crippen molar-refractivity contribution in [1.82, 2.24) is 10.2 Å². The van der Waals surface area contributed by atoms with Gasteiger partial charge >= 0.3 is 0 Å². The van der Waals surface area contributed by atoms with Gasteiger partial charge in [0.15, 0.2) is 15.8 Å². The monoisotopic (exact) mass is 389 g/mol. The SMILES string of the molecule is O=C(Nc1nnc(SCc2cccc(F)c2)s1)c1ccc2c(c1)OCO2. The summed E-state index contributed by atoms with van der Waals surface area (Å²) in [6.45, 7) is 0.155. The highest BCUT2D eigenvalue weighted by atomic mass is 32.2. The molecule has 0 aliphatic carbocycles. The van der Waals surface area contributed by atoms with Gasteiger partial charge in [-0.25, -0.2) is 4.39 Å². The van der Waals surface area contributed by atoms with Gasteiger partial charge in [0.25, 0.3) is 5.91 Å². The van der Waals surface area contributed by atoms with Crippen LogP contribution in [0.3, 0.4) is 0 Å². The highest BCUT2D eigenvalue weighted by Crippen LogP contribution is 2.33. The van der Waals surface area contributed by atoms with Gasteiger partial charge in [0.05, 0.1) is 0 Å². The number of hydrogen-bond donors (Lipinski definition) is 1. The average molecular weight is 389 g/mol. The number of thioether (sulfide) groups is 1. The third kappa shape index (κ3) is 3.78. The Bertz CT molecular complexity index is 964. The number of benzene rings is 2. The summed E-state index contributed by atoms with van der Waals surface area (Å²) in [5, 5.41) is 11.1. The third-order valence-corrected chi connectivity index (χ3v) is 5.56. The molecule has 26 heavy (non-hydrogen) atoms. The second kappa shape index (κ2) is 7.30. The van der Waals surface area contributed by atoms with Crippen LogP contribution < -0.4 is 14.8 Å². The number of carbonyl (C=O) groups excluding carboxylic acids is 1. The Kier molecular flexibility index (Phi) is 4.72. The van der Waals surface area contributed by atoms with Crippen LogP contribution >= 0.6 is 23.1 Å². The fraction of sp³-hybridized carbons (Fsp3) is 0.118. The molecule has 0 saturated heterocycles. The molecule has 1 aliphatic heterocycles. The molecule has 1 N–H and O–H groups in total. The van der Waals surface area contributed by atoms with Gasteiger partial charge < -0.3 is 9.47 Å². The number of nitrogens with one attached hydrogen (secondary N) is 1. The summed E-state index contributed by atoms with van der Waals surface area (Å²) >= 11 is 2.70. The van der Waals surface area contributed by atoms with Gasteiger partial charge in [-0.05, 0) is 35.9 Å². The topological polar surface area (TPSA) is 73.3 Å². The average Bonchev–Trinajstić information content (AvgIpc) is 3.28. The fourth-order valence-electron chi connectivity index (χ4n) is 2.30. The van der Waals surface area contributed by atoms with Crippen LogP contribution in [0.1, 0.15) is 15.9 Å². The van der Waals surface area contributed by atoms with Gasteiger partial charge in [0, 0.05) is 11.3 Å². The molecule has 9 heteroatoms.